The molecule has 9 nitrogen and oxygen atoms in total. The Kier molecular flexibility index (Phi) is 5.54. The third-order valence-corrected chi connectivity index (χ3v) is 6.86. The summed E-state index contributed by atoms with van der Waals surface area (Å²) in [6.45, 7) is 0. The van der Waals surface area contributed by atoms with Gasteiger partial charge in [-0.1, -0.05) is 0 Å². The van der Waals surface area contributed by atoms with Crippen LogP contribution in [-0.4, -0.2) is 27.1 Å². The molecule has 0 saturated heterocycles. The van der Waals surface area contributed by atoms with Gasteiger partial charge in [-0.2, -0.15) is 0 Å². The van der Waals surface area contributed by atoms with Gasteiger partial charge in [0.1, 0.15) is 22.3 Å². The Balaban J connectivity index is 1.94. The fourth-order valence-corrected chi connectivity index (χ4v) is 5.03. The first-order valence-electron chi connectivity index (χ1n) is 9.68. The molecule has 0 spiro atoms. The highest BCUT2D eigenvalue weighted by molar-refractivity contribution is 7.27. The normalized spacial score (nSPS) is 11.0. The molecule has 164 valence electrons. The third kappa shape index (κ3) is 3.65. The maximum atomic E-state index is 13.3. The number of aromatic nitrogens is 3. The van der Waals surface area contributed by atoms with Gasteiger partial charge in [-0.05, 0) is 46.9 Å². The number of thiophene rings is 1. The van der Waals surface area contributed by atoms with Crippen LogP contribution < -0.4 is 27.0 Å². The number of methoxy groups -OCH3 is 1. The number of ether oxygens (including phenoxy) is 1. The van der Waals surface area contributed by atoms with Crippen LogP contribution in [0.1, 0.15) is 15.9 Å². The van der Waals surface area contributed by atoms with E-state index >= 15 is 0 Å². The number of pyridine rings is 1. The molecule has 1 amide bonds. The summed E-state index contributed by atoms with van der Waals surface area (Å²) >= 11 is 0. The molecule has 1 aromatic carbocycles. The second-order valence-corrected chi connectivity index (χ2v) is 8.98. The van der Waals surface area contributed by atoms with Gasteiger partial charge in [-0.3, -0.25) is 18.7 Å². The molecular weight excluding hydrogens is 430 g/mol. The number of carbonyl (C=O) groups excluding carboxylic acids is 1. The zero-order chi connectivity index (χ0) is 23.0. The number of aryl methyl sites for hydroxylation is 1. The molecule has 0 aliphatic heterocycles. The van der Waals surface area contributed by atoms with Crippen LogP contribution in [-0.2, 0) is 19.8 Å². The van der Waals surface area contributed by atoms with Crippen molar-refractivity contribution in [2.45, 2.75) is 5.75 Å². The molecule has 10 heteroatoms. The third-order valence-electron chi connectivity index (χ3n) is 5.22. The van der Waals surface area contributed by atoms with Crippen molar-refractivity contribution in [2.24, 2.45) is 14.1 Å². The largest absolute Gasteiger partial charge is 0.497 e. The number of nitrogens with zero attached hydrogens (tertiary/aromatic N) is 3. The molecule has 32 heavy (non-hydrogen) atoms. The topological polar surface area (TPSA) is 121 Å². The summed E-state index contributed by atoms with van der Waals surface area (Å²) in [4.78, 5) is 43.1. The molecule has 0 bridgehead atoms. The minimum absolute atomic E-state index is 0.0440. The van der Waals surface area contributed by atoms with Crippen molar-refractivity contribution in [3.8, 4) is 5.75 Å². The maximum absolute atomic E-state index is 13.3. The van der Waals surface area contributed by atoms with Gasteiger partial charge in [0.2, 0.25) is 0 Å². The molecule has 0 fully saturated rings. The Hall–Kier alpha value is -3.92. The number of fused-ring (bicyclic) bond motifs is 1. The number of hydrogen-bond donors (Lipinski definition) is 2. The molecule has 0 unspecified atom stereocenters. The molecule has 4 aromatic rings. The monoisotopic (exact) mass is 452 g/mol. The lowest BCUT2D eigenvalue weighted by atomic mass is 10.1. The van der Waals surface area contributed by atoms with Crippen molar-refractivity contribution in [1.29, 1.82) is 0 Å². The lowest BCUT2D eigenvalue weighted by Crippen LogP contribution is -2.38. The summed E-state index contributed by atoms with van der Waals surface area (Å²) < 4.78 is 7.43. The van der Waals surface area contributed by atoms with Crippen LogP contribution in [0.15, 0.2) is 56.7 Å². The lowest BCUT2D eigenvalue weighted by Gasteiger charge is -2.15. The smallest absolute Gasteiger partial charge is 0.332 e. The lowest BCUT2D eigenvalue weighted by molar-refractivity contribution is 0.102. The van der Waals surface area contributed by atoms with E-state index < -0.39 is 17.2 Å². The average molecular weight is 453 g/mol. The number of carbonyl (C=O) groups is 1. The summed E-state index contributed by atoms with van der Waals surface area (Å²) in [6, 6.07) is 10.7. The second kappa shape index (κ2) is 8.31. The minimum atomic E-state index is -0.515. The van der Waals surface area contributed by atoms with E-state index in [2.05, 4.69) is 10.3 Å². The van der Waals surface area contributed by atoms with E-state index in [0.717, 1.165) is 4.57 Å². The van der Waals surface area contributed by atoms with Gasteiger partial charge in [-0.15, -0.1) is 0 Å². The summed E-state index contributed by atoms with van der Waals surface area (Å²) in [7, 11) is 4.16. The molecule has 0 aliphatic carbocycles. The first kappa shape index (κ1) is 21.3. The van der Waals surface area contributed by atoms with Crippen molar-refractivity contribution in [3.63, 3.8) is 0 Å². The summed E-state index contributed by atoms with van der Waals surface area (Å²) in [5, 5.41) is 7.03. The highest BCUT2D eigenvalue weighted by Gasteiger charge is 2.27. The van der Waals surface area contributed by atoms with Crippen LogP contribution in [0, 0.1) is 0 Å². The minimum Gasteiger partial charge on any atom is -0.497 e. The summed E-state index contributed by atoms with van der Waals surface area (Å²) in [6.07, 6.45) is 0. The SMILES string of the molecule is COc1ccc(NC(=O)c2c(N)nc3c(c2C[s+]2cccc2)c(=O)n(C)c(=O)n3C)cc1. The van der Waals surface area contributed by atoms with Crippen molar-refractivity contribution in [2.75, 3.05) is 18.2 Å². The van der Waals surface area contributed by atoms with Crippen molar-refractivity contribution < 1.29 is 9.53 Å². The van der Waals surface area contributed by atoms with Gasteiger partial charge in [0.15, 0.2) is 11.4 Å². The van der Waals surface area contributed by atoms with Crippen LogP contribution in [0.2, 0.25) is 0 Å². The van der Waals surface area contributed by atoms with Crippen LogP contribution in [0.3, 0.4) is 0 Å². The van der Waals surface area contributed by atoms with Crippen molar-refractivity contribution in [1.82, 2.24) is 14.1 Å². The van der Waals surface area contributed by atoms with E-state index in [-0.39, 0.29) is 32.9 Å². The zero-order valence-corrected chi connectivity index (χ0v) is 18.6. The second-order valence-electron chi connectivity index (χ2n) is 7.21. The fraction of sp³-hybridized carbons (Fsp3) is 0.182. The average Bonchev–Trinajstić information content (AvgIpc) is 3.29. The van der Waals surface area contributed by atoms with Gasteiger partial charge < -0.3 is 15.8 Å². The van der Waals surface area contributed by atoms with Gasteiger partial charge in [0, 0.05) is 25.3 Å². The molecule has 3 N–H and O–H groups in total. The van der Waals surface area contributed by atoms with E-state index in [0.29, 0.717) is 22.8 Å². The quantitative estimate of drug-likeness (QED) is 0.448. The Bertz CT molecular complexity index is 1440. The van der Waals surface area contributed by atoms with E-state index in [4.69, 9.17) is 10.5 Å². The van der Waals surface area contributed by atoms with Crippen LogP contribution in [0.5, 0.6) is 5.75 Å². The van der Waals surface area contributed by atoms with Gasteiger partial charge in [0.05, 0.1) is 18.1 Å². The Morgan fingerprint density at radius 2 is 1.78 bits per heavy atom. The van der Waals surface area contributed by atoms with Crippen molar-refractivity contribution >= 4 is 38.9 Å². The molecule has 0 saturated carbocycles. The van der Waals surface area contributed by atoms with E-state index in [9.17, 15) is 14.4 Å². The van der Waals surface area contributed by atoms with Crippen LogP contribution in [0.4, 0.5) is 11.5 Å². The molecule has 4 rings (SSSR count). The van der Waals surface area contributed by atoms with Gasteiger partial charge in [0.25, 0.3) is 11.5 Å². The highest BCUT2D eigenvalue weighted by atomic mass is 32.2. The van der Waals surface area contributed by atoms with E-state index in [1.165, 1.54) is 18.7 Å². The molecular formula is C22H22N5O4S+. The Morgan fingerprint density at radius 3 is 2.41 bits per heavy atom. The number of nitrogens with one attached hydrogen (secondary N) is 1. The predicted molar refractivity (Wildman–Crippen MR) is 126 cm³/mol. The number of nitrogen functional groups attached to an aromatic ring is 1. The first-order valence-corrected chi connectivity index (χ1v) is 11.2. The number of nitrogens with two attached hydrogens (primary N) is 1. The van der Waals surface area contributed by atoms with Gasteiger partial charge in [-0.25, -0.2) is 9.78 Å². The number of rotatable bonds is 5. The van der Waals surface area contributed by atoms with E-state index in [1.54, 1.807) is 31.4 Å². The van der Waals surface area contributed by atoms with Crippen LogP contribution >= 0.6 is 10.5 Å². The first-order chi connectivity index (χ1) is 15.3. The van der Waals surface area contributed by atoms with Gasteiger partial charge >= 0.3 is 5.69 Å². The maximum Gasteiger partial charge on any atom is 0.332 e. The molecule has 0 atom stereocenters. The fourth-order valence-electron chi connectivity index (χ4n) is 3.54. The summed E-state index contributed by atoms with van der Waals surface area (Å²) in [5.41, 5.74) is 6.48. The molecule has 3 heterocycles. The number of amides is 1. The standard InChI is InChI=1S/C22H21N5O4S/c1-26-19-17(21(29)27(2)22(26)30)15(12-32-10-4-5-11-32)16(18(23)25-19)20(28)24-13-6-8-14(31-3)9-7-13/h4-11H,12H2,1-3H3,(H2-,23,24,25,28,29)/p+1. The zero-order valence-electron chi connectivity index (χ0n) is 17.8. The van der Waals surface area contributed by atoms with Crippen LogP contribution in [0.25, 0.3) is 11.0 Å². The van der Waals surface area contributed by atoms with E-state index in [1.807, 2.05) is 22.9 Å². The number of benzene rings is 1. The molecule has 0 radical (unpaired) electrons. The number of hydrogen-bond acceptors (Lipinski definition) is 6. The highest BCUT2D eigenvalue weighted by Crippen LogP contribution is 2.31. The molecule has 3 aromatic heterocycles. The molecule has 0 aliphatic rings. The Morgan fingerprint density at radius 1 is 1.12 bits per heavy atom. The predicted octanol–water partition coefficient (Wildman–Crippen LogP) is 2.27. The summed E-state index contributed by atoms with van der Waals surface area (Å²) in [5.74, 6) is 0.511. The van der Waals surface area contributed by atoms with Crippen molar-refractivity contribution in [3.05, 3.63) is 79.1 Å². The Labute approximate surface area is 185 Å². The number of anilines is 2.